The van der Waals surface area contributed by atoms with Gasteiger partial charge in [0.1, 0.15) is 6.33 Å². The van der Waals surface area contributed by atoms with E-state index >= 15 is 0 Å². The van der Waals surface area contributed by atoms with Gasteiger partial charge in [0.2, 0.25) is 10.0 Å². The standard InChI is InChI=1S/C11H22N4O3S/c1-11(2,3)15-10(16)14(9-12-15)7-6-8-19(17,18)13(4)5/h9H,6-8H2,1-5H3. The Morgan fingerprint density at radius 2 is 1.89 bits per heavy atom. The predicted molar refractivity (Wildman–Crippen MR) is 73.6 cm³/mol. The maximum atomic E-state index is 12.0. The second-order valence-corrected chi connectivity index (χ2v) is 7.94. The van der Waals surface area contributed by atoms with Crippen LogP contribution in [0.4, 0.5) is 0 Å². The third kappa shape index (κ3) is 3.90. The Bertz CT molecular complexity index is 578. The number of hydrogen-bond acceptors (Lipinski definition) is 4. The number of hydrogen-bond donors (Lipinski definition) is 0. The van der Waals surface area contributed by atoms with Crippen LogP contribution in [0.15, 0.2) is 11.1 Å². The van der Waals surface area contributed by atoms with Crippen LogP contribution in [0.25, 0.3) is 0 Å². The SMILES string of the molecule is CN(C)S(=O)(=O)CCCn1cnn(C(C)(C)C)c1=O. The Morgan fingerprint density at radius 3 is 2.32 bits per heavy atom. The van der Waals surface area contributed by atoms with Gasteiger partial charge in [-0.3, -0.25) is 4.57 Å². The molecule has 0 aliphatic carbocycles. The lowest BCUT2D eigenvalue weighted by Gasteiger charge is -2.16. The zero-order valence-electron chi connectivity index (χ0n) is 12.1. The van der Waals surface area contributed by atoms with E-state index in [1.54, 1.807) is 0 Å². The molecule has 0 aliphatic rings. The summed E-state index contributed by atoms with van der Waals surface area (Å²) in [6.45, 7) is 6.02. The van der Waals surface area contributed by atoms with Crippen molar-refractivity contribution >= 4 is 10.0 Å². The normalized spacial score (nSPS) is 13.2. The molecule has 0 atom stereocenters. The first-order chi connectivity index (χ1) is 8.55. The fourth-order valence-electron chi connectivity index (χ4n) is 1.55. The number of aromatic nitrogens is 3. The molecule has 19 heavy (non-hydrogen) atoms. The van der Waals surface area contributed by atoms with Crippen molar-refractivity contribution in [3.05, 3.63) is 16.8 Å². The Labute approximate surface area is 113 Å². The summed E-state index contributed by atoms with van der Waals surface area (Å²) in [6, 6.07) is 0. The lowest BCUT2D eigenvalue weighted by Crippen LogP contribution is -2.36. The molecule has 0 radical (unpaired) electrons. The van der Waals surface area contributed by atoms with E-state index < -0.39 is 10.0 Å². The Balaban J connectivity index is 2.72. The summed E-state index contributed by atoms with van der Waals surface area (Å²) < 4.78 is 27.2. The highest BCUT2D eigenvalue weighted by molar-refractivity contribution is 7.89. The number of nitrogens with zero attached hydrogens (tertiary/aromatic N) is 4. The molecule has 1 aromatic heterocycles. The number of sulfonamides is 1. The molecule has 110 valence electrons. The van der Waals surface area contributed by atoms with Crippen LogP contribution in [-0.2, 0) is 22.1 Å². The molecule has 8 heteroatoms. The fraction of sp³-hybridized carbons (Fsp3) is 0.818. The molecule has 0 bridgehead atoms. The molecule has 0 amide bonds. The third-order valence-electron chi connectivity index (χ3n) is 2.73. The summed E-state index contributed by atoms with van der Waals surface area (Å²) in [6.07, 6.45) is 1.84. The molecular formula is C11H22N4O3S. The molecule has 0 saturated carbocycles. The first-order valence-corrected chi connectivity index (χ1v) is 7.72. The summed E-state index contributed by atoms with van der Waals surface area (Å²) in [5.41, 5.74) is -0.590. The minimum Gasteiger partial charge on any atom is -0.281 e. The van der Waals surface area contributed by atoms with Gasteiger partial charge in [0, 0.05) is 20.6 Å². The van der Waals surface area contributed by atoms with Crippen molar-refractivity contribution < 1.29 is 8.42 Å². The molecule has 7 nitrogen and oxygen atoms in total. The molecule has 0 saturated heterocycles. The third-order valence-corrected chi connectivity index (χ3v) is 4.64. The number of rotatable bonds is 5. The van der Waals surface area contributed by atoms with Crippen molar-refractivity contribution in [1.29, 1.82) is 0 Å². The molecule has 0 N–H and O–H groups in total. The zero-order chi connectivity index (χ0) is 14.8. The van der Waals surface area contributed by atoms with Crippen molar-refractivity contribution in [3.8, 4) is 0 Å². The second-order valence-electron chi connectivity index (χ2n) is 5.64. The largest absolute Gasteiger partial charge is 0.346 e. The molecule has 1 aromatic rings. The van der Waals surface area contributed by atoms with Gasteiger partial charge in [-0.25, -0.2) is 22.2 Å². The van der Waals surface area contributed by atoms with Crippen molar-refractivity contribution in [3.63, 3.8) is 0 Å². The first kappa shape index (κ1) is 15.9. The maximum Gasteiger partial charge on any atom is 0.346 e. The zero-order valence-corrected chi connectivity index (χ0v) is 12.9. The van der Waals surface area contributed by atoms with E-state index in [2.05, 4.69) is 5.10 Å². The highest BCUT2D eigenvalue weighted by atomic mass is 32.2. The average molecular weight is 290 g/mol. The highest BCUT2D eigenvalue weighted by Gasteiger charge is 2.19. The molecule has 0 fully saturated rings. The molecule has 0 unspecified atom stereocenters. The van der Waals surface area contributed by atoms with Crippen LogP contribution >= 0.6 is 0 Å². The number of aryl methyl sites for hydroxylation is 1. The van der Waals surface area contributed by atoms with Gasteiger partial charge >= 0.3 is 5.69 Å². The lowest BCUT2D eigenvalue weighted by molar-refractivity contribution is 0.340. The molecule has 0 spiro atoms. The van der Waals surface area contributed by atoms with Gasteiger partial charge in [0.05, 0.1) is 11.3 Å². The van der Waals surface area contributed by atoms with E-state index in [4.69, 9.17) is 0 Å². The van der Waals surface area contributed by atoms with Crippen molar-refractivity contribution in [1.82, 2.24) is 18.7 Å². The summed E-state index contributed by atoms with van der Waals surface area (Å²) in [5.74, 6) is 0.0210. The van der Waals surface area contributed by atoms with Gasteiger partial charge < -0.3 is 0 Å². The van der Waals surface area contributed by atoms with E-state index in [9.17, 15) is 13.2 Å². The Hall–Kier alpha value is -1.15. The molecule has 1 heterocycles. The Kier molecular flexibility index (Phi) is 4.57. The molecule has 1 rings (SSSR count). The topological polar surface area (TPSA) is 77.2 Å². The van der Waals surface area contributed by atoms with Gasteiger partial charge in [0.15, 0.2) is 0 Å². The van der Waals surface area contributed by atoms with Crippen LogP contribution in [0.5, 0.6) is 0 Å². The average Bonchev–Trinajstić information content (AvgIpc) is 2.59. The minimum absolute atomic E-state index is 0.0210. The molecule has 0 aliphatic heterocycles. The summed E-state index contributed by atoms with van der Waals surface area (Å²) >= 11 is 0. The van der Waals surface area contributed by atoms with Crippen LogP contribution in [0.1, 0.15) is 27.2 Å². The van der Waals surface area contributed by atoms with Crippen LogP contribution in [0.3, 0.4) is 0 Å². The maximum absolute atomic E-state index is 12.0. The quantitative estimate of drug-likeness (QED) is 0.769. The van der Waals surface area contributed by atoms with E-state index in [1.165, 1.54) is 34.0 Å². The minimum atomic E-state index is -3.21. The highest BCUT2D eigenvalue weighted by Crippen LogP contribution is 2.08. The van der Waals surface area contributed by atoms with Crippen LogP contribution < -0.4 is 5.69 Å². The lowest BCUT2D eigenvalue weighted by atomic mass is 10.1. The van der Waals surface area contributed by atoms with E-state index in [1.807, 2.05) is 20.8 Å². The van der Waals surface area contributed by atoms with Crippen LogP contribution in [-0.4, -0.2) is 46.9 Å². The summed E-state index contributed by atoms with van der Waals surface area (Å²) in [5, 5.41) is 4.04. The molecular weight excluding hydrogens is 268 g/mol. The van der Waals surface area contributed by atoms with Gasteiger partial charge in [-0.1, -0.05) is 0 Å². The van der Waals surface area contributed by atoms with Crippen molar-refractivity contribution in [2.75, 3.05) is 19.8 Å². The summed E-state index contributed by atoms with van der Waals surface area (Å²) in [4.78, 5) is 12.0. The Morgan fingerprint density at radius 1 is 1.32 bits per heavy atom. The van der Waals surface area contributed by atoms with Crippen molar-refractivity contribution in [2.24, 2.45) is 0 Å². The van der Waals surface area contributed by atoms with Gasteiger partial charge in [-0.05, 0) is 27.2 Å². The van der Waals surface area contributed by atoms with Crippen LogP contribution in [0.2, 0.25) is 0 Å². The molecule has 0 aromatic carbocycles. The van der Waals surface area contributed by atoms with E-state index in [0.29, 0.717) is 13.0 Å². The van der Waals surface area contributed by atoms with Gasteiger partial charge in [0.25, 0.3) is 0 Å². The monoisotopic (exact) mass is 290 g/mol. The summed E-state index contributed by atoms with van der Waals surface area (Å²) in [7, 11) is -0.214. The van der Waals surface area contributed by atoms with Gasteiger partial charge in [-0.2, -0.15) is 5.10 Å². The predicted octanol–water partition coefficient (Wildman–Crippen LogP) is 0.0813. The van der Waals surface area contributed by atoms with E-state index in [-0.39, 0.29) is 17.0 Å². The first-order valence-electron chi connectivity index (χ1n) is 6.11. The van der Waals surface area contributed by atoms with Crippen LogP contribution in [0, 0.1) is 0 Å². The smallest absolute Gasteiger partial charge is 0.281 e. The fourth-order valence-corrected chi connectivity index (χ4v) is 2.41. The second kappa shape index (κ2) is 5.46. The van der Waals surface area contributed by atoms with E-state index in [0.717, 1.165) is 0 Å². The van der Waals surface area contributed by atoms with Gasteiger partial charge in [-0.15, -0.1) is 0 Å². The van der Waals surface area contributed by atoms with Crippen molar-refractivity contribution in [2.45, 2.75) is 39.3 Å².